The maximum absolute atomic E-state index is 6.33. The van der Waals surface area contributed by atoms with E-state index in [1.54, 1.807) is 28.4 Å². The molecule has 0 fully saturated rings. The summed E-state index contributed by atoms with van der Waals surface area (Å²) < 4.78 is 23.1. The average Bonchev–Trinajstić information content (AvgIpc) is 2.98. The smallest absolute Gasteiger partial charge is 0.128 e. The third-order valence-electron chi connectivity index (χ3n) is 6.49. The molecule has 216 valence electrons. The molecule has 10 heteroatoms. The van der Waals surface area contributed by atoms with Crippen molar-refractivity contribution in [1.29, 1.82) is 0 Å². The lowest BCUT2D eigenvalue weighted by Gasteiger charge is -2.26. The van der Waals surface area contributed by atoms with Gasteiger partial charge in [-0.05, 0) is 107 Å². The Hall–Kier alpha value is -1.90. The largest absolute Gasteiger partial charge is 0.496 e. The van der Waals surface area contributed by atoms with E-state index in [0.29, 0.717) is 20.1 Å². The molecule has 0 heterocycles. The zero-order valence-electron chi connectivity index (χ0n) is 23.1. The van der Waals surface area contributed by atoms with Crippen LogP contribution in [0.4, 0.5) is 0 Å². The lowest BCUT2D eigenvalue weighted by molar-refractivity contribution is 0.417. The maximum Gasteiger partial charge on any atom is 0.128 e. The summed E-state index contributed by atoms with van der Waals surface area (Å²) in [5, 5.41) is 6.84. The summed E-state index contributed by atoms with van der Waals surface area (Å²) in [6.45, 7) is 0. The number of rotatable bonds is 12. The SMILES string of the molecule is COc1cc(Cl)ccc1P(CCCP(c1ccc(Cl)cc1OC)c1ccc(Cl)cc1OC)c1ccc(Cl)cc1OC. The van der Waals surface area contributed by atoms with Gasteiger partial charge in [0.2, 0.25) is 0 Å². The van der Waals surface area contributed by atoms with E-state index in [1.807, 2.05) is 72.8 Å². The minimum Gasteiger partial charge on any atom is -0.496 e. The van der Waals surface area contributed by atoms with E-state index < -0.39 is 15.8 Å². The molecule has 0 aliphatic carbocycles. The van der Waals surface area contributed by atoms with Crippen molar-refractivity contribution in [2.24, 2.45) is 0 Å². The number of hydrogen-bond donors (Lipinski definition) is 0. The molecule has 4 aromatic rings. The highest BCUT2D eigenvalue weighted by Gasteiger charge is 2.26. The Morgan fingerprint density at radius 1 is 0.439 bits per heavy atom. The minimum atomic E-state index is -0.892. The molecule has 0 atom stereocenters. The molecule has 0 aromatic heterocycles. The van der Waals surface area contributed by atoms with Gasteiger partial charge in [0, 0.05) is 41.3 Å². The fraction of sp³-hybridized carbons (Fsp3) is 0.226. The number of hydrogen-bond acceptors (Lipinski definition) is 4. The van der Waals surface area contributed by atoms with Crippen molar-refractivity contribution in [3.8, 4) is 23.0 Å². The van der Waals surface area contributed by atoms with E-state index >= 15 is 0 Å². The van der Waals surface area contributed by atoms with Gasteiger partial charge in [-0.2, -0.15) is 0 Å². The maximum atomic E-state index is 6.33. The normalized spacial score (nSPS) is 11.2. The first-order valence-electron chi connectivity index (χ1n) is 12.7. The van der Waals surface area contributed by atoms with Crippen LogP contribution in [0.3, 0.4) is 0 Å². The second kappa shape index (κ2) is 15.0. The summed E-state index contributed by atoms with van der Waals surface area (Å²) in [4.78, 5) is 0. The monoisotopic (exact) mass is 668 g/mol. The highest BCUT2D eigenvalue weighted by atomic mass is 35.5. The highest BCUT2D eigenvalue weighted by molar-refractivity contribution is 7.74. The molecule has 0 radical (unpaired) electrons. The molecule has 0 N–H and O–H groups in total. The van der Waals surface area contributed by atoms with Crippen LogP contribution in [-0.2, 0) is 0 Å². The van der Waals surface area contributed by atoms with Gasteiger partial charge in [0.15, 0.2) is 0 Å². The van der Waals surface area contributed by atoms with Crippen LogP contribution in [0, 0.1) is 0 Å². The molecule has 4 aromatic carbocycles. The standard InChI is InChI=1S/C31H30Cl4O4P2/c1-36-24-16-20(32)6-10-28(24)40(29-11-7-21(33)17-25(29)37-2)14-5-15-41(30-12-8-22(34)18-26(30)38-3)31-13-9-23(35)19-27(31)39-4/h6-13,16-19H,5,14-15H2,1-4H3. The summed E-state index contributed by atoms with van der Waals surface area (Å²) >= 11 is 25.3. The lowest BCUT2D eigenvalue weighted by atomic mass is 10.3. The predicted molar refractivity (Wildman–Crippen MR) is 179 cm³/mol. The Morgan fingerprint density at radius 3 is 0.902 bits per heavy atom. The third-order valence-corrected chi connectivity index (χ3v) is 12.8. The molecule has 0 unspecified atom stereocenters. The van der Waals surface area contributed by atoms with Crippen molar-refractivity contribution in [2.75, 3.05) is 40.8 Å². The Kier molecular flexibility index (Phi) is 11.7. The first-order valence-corrected chi connectivity index (χ1v) is 17.3. The van der Waals surface area contributed by atoms with Crippen LogP contribution in [0.2, 0.25) is 20.1 Å². The quantitative estimate of drug-likeness (QED) is 0.142. The van der Waals surface area contributed by atoms with Crippen LogP contribution in [0.15, 0.2) is 72.8 Å². The van der Waals surface area contributed by atoms with Crippen LogP contribution >= 0.6 is 62.2 Å². The van der Waals surface area contributed by atoms with Gasteiger partial charge in [-0.15, -0.1) is 0 Å². The number of ether oxygens (including phenoxy) is 4. The zero-order chi connectivity index (χ0) is 29.5. The number of halogens is 4. The lowest BCUT2D eigenvalue weighted by Crippen LogP contribution is -2.21. The predicted octanol–water partition coefficient (Wildman–Crippen LogP) is 8.29. The van der Waals surface area contributed by atoms with Crippen LogP contribution in [0.1, 0.15) is 6.42 Å². The van der Waals surface area contributed by atoms with Gasteiger partial charge in [0.25, 0.3) is 0 Å². The molecule has 0 spiro atoms. The average molecular weight is 670 g/mol. The number of methoxy groups -OCH3 is 4. The molecule has 4 nitrogen and oxygen atoms in total. The first kappa shape index (κ1) is 32.0. The van der Waals surface area contributed by atoms with Crippen LogP contribution < -0.4 is 40.2 Å². The van der Waals surface area contributed by atoms with Crippen molar-refractivity contribution in [3.05, 3.63) is 92.9 Å². The van der Waals surface area contributed by atoms with Gasteiger partial charge >= 0.3 is 0 Å². The topological polar surface area (TPSA) is 36.9 Å². The molecule has 0 aliphatic heterocycles. The molecule has 0 amide bonds. The third kappa shape index (κ3) is 7.74. The van der Waals surface area contributed by atoms with Crippen LogP contribution in [-0.4, -0.2) is 40.8 Å². The Balaban J connectivity index is 1.75. The summed E-state index contributed by atoms with van der Waals surface area (Å²) in [6.07, 6.45) is 2.64. The van der Waals surface area contributed by atoms with Crippen molar-refractivity contribution < 1.29 is 18.9 Å². The van der Waals surface area contributed by atoms with Crippen LogP contribution in [0.25, 0.3) is 0 Å². The van der Waals surface area contributed by atoms with E-state index in [1.165, 1.54) is 0 Å². The Morgan fingerprint density at radius 2 is 0.683 bits per heavy atom. The summed E-state index contributed by atoms with van der Waals surface area (Å²) in [5.41, 5.74) is 0. The van der Waals surface area contributed by atoms with Crippen molar-refractivity contribution in [2.45, 2.75) is 6.42 Å². The van der Waals surface area contributed by atoms with Gasteiger partial charge in [-0.1, -0.05) is 46.4 Å². The van der Waals surface area contributed by atoms with E-state index in [-0.39, 0.29) is 0 Å². The molecular weight excluding hydrogens is 640 g/mol. The highest BCUT2D eigenvalue weighted by Crippen LogP contribution is 2.46. The minimum absolute atomic E-state index is 0.622. The van der Waals surface area contributed by atoms with Gasteiger partial charge < -0.3 is 18.9 Å². The van der Waals surface area contributed by atoms with Gasteiger partial charge in [-0.25, -0.2) is 0 Å². The van der Waals surface area contributed by atoms with Crippen LogP contribution in [0.5, 0.6) is 23.0 Å². The van der Waals surface area contributed by atoms with E-state index in [2.05, 4.69) is 0 Å². The van der Waals surface area contributed by atoms with E-state index in [9.17, 15) is 0 Å². The second-order valence-corrected chi connectivity index (χ2v) is 15.2. The first-order chi connectivity index (χ1) is 19.8. The molecule has 0 aliphatic rings. The second-order valence-electron chi connectivity index (χ2n) is 8.92. The summed E-state index contributed by atoms with van der Waals surface area (Å²) in [5.74, 6) is 3.01. The molecular formula is C31H30Cl4O4P2. The molecule has 0 bridgehead atoms. The van der Waals surface area contributed by atoms with Crippen molar-refractivity contribution in [1.82, 2.24) is 0 Å². The van der Waals surface area contributed by atoms with E-state index in [4.69, 9.17) is 65.4 Å². The molecule has 0 saturated heterocycles. The zero-order valence-corrected chi connectivity index (χ0v) is 27.9. The fourth-order valence-corrected chi connectivity index (χ4v) is 10.7. The van der Waals surface area contributed by atoms with Gasteiger partial charge in [-0.3, -0.25) is 0 Å². The van der Waals surface area contributed by atoms with Crippen molar-refractivity contribution in [3.63, 3.8) is 0 Å². The van der Waals surface area contributed by atoms with Gasteiger partial charge in [0.1, 0.15) is 23.0 Å². The van der Waals surface area contributed by atoms with Gasteiger partial charge in [0.05, 0.1) is 28.4 Å². The molecule has 0 saturated carbocycles. The van der Waals surface area contributed by atoms with E-state index in [0.717, 1.165) is 63.0 Å². The summed E-state index contributed by atoms with van der Waals surface area (Å²) in [6, 6.07) is 23.3. The molecule has 4 rings (SSSR count). The Bertz CT molecular complexity index is 1280. The summed E-state index contributed by atoms with van der Waals surface area (Å²) in [7, 11) is 4.89. The fourth-order valence-electron chi connectivity index (χ4n) is 4.63. The number of benzene rings is 4. The Labute approximate surface area is 264 Å². The van der Waals surface area contributed by atoms with Crippen molar-refractivity contribution >= 4 is 83.5 Å². The molecule has 41 heavy (non-hydrogen) atoms.